The summed E-state index contributed by atoms with van der Waals surface area (Å²) in [5, 5.41) is 5.54. The molecule has 0 saturated heterocycles. The largest absolute Gasteiger partial charge is 0.326 e. The van der Waals surface area contributed by atoms with Crippen LogP contribution in [-0.4, -0.2) is 0 Å². The highest BCUT2D eigenvalue weighted by molar-refractivity contribution is 6.04. The fraction of sp³-hybridized carbons (Fsp3) is 0.440. The van der Waals surface area contributed by atoms with Crippen LogP contribution in [0, 0.1) is 17.8 Å². The van der Waals surface area contributed by atoms with Gasteiger partial charge in [-0.1, -0.05) is 42.5 Å². The van der Waals surface area contributed by atoms with Gasteiger partial charge in [-0.3, -0.25) is 0 Å². The molecule has 0 unspecified atom stereocenters. The van der Waals surface area contributed by atoms with E-state index in [4.69, 9.17) is 5.73 Å². The Morgan fingerprint density at radius 1 is 0.808 bits per heavy atom. The lowest BCUT2D eigenvalue weighted by Gasteiger charge is -2.57. The Kier molecular flexibility index (Phi) is 3.12. The Labute approximate surface area is 155 Å². The van der Waals surface area contributed by atoms with E-state index in [1.54, 1.807) is 5.56 Å². The number of benzene rings is 3. The first-order chi connectivity index (χ1) is 12.8. The monoisotopic (exact) mass is 341 g/mol. The molecule has 0 spiro atoms. The summed E-state index contributed by atoms with van der Waals surface area (Å²) in [5.41, 5.74) is 9.75. The summed E-state index contributed by atoms with van der Waals surface area (Å²) >= 11 is 0. The molecule has 3 aromatic rings. The second-order valence-electron chi connectivity index (χ2n) is 9.38. The van der Waals surface area contributed by atoms with E-state index in [1.807, 2.05) is 0 Å². The molecule has 4 fully saturated rings. The van der Waals surface area contributed by atoms with E-state index < -0.39 is 0 Å². The molecule has 0 radical (unpaired) electrons. The summed E-state index contributed by atoms with van der Waals surface area (Å²) in [6.45, 7) is 0.626. The first kappa shape index (κ1) is 15.2. The highest BCUT2D eigenvalue weighted by Gasteiger charge is 2.52. The second-order valence-corrected chi connectivity index (χ2v) is 9.38. The van der Waals surface area contributed by atoms with Crippen LogP contribution in [0.15, 0.2) is 48.5 Å². The summed E-state index contributed by atoms with van der Waals surface area (Å²) in [7, 11) is 0. The highest BCUT2D eigenvalue weighted by Crippen LogP contribution is 2.61. The third-order valence-electron chi connectivity index (χ3n) is 7.81. The molecular weight excluding hydrogens is 314 g/mol. The lowest BCUT2D eigenvalue weighted by atomic mass is 9.47. The molecule has 4 aliphatic carbocycles. The van der Waals surface area contributed by atoms with Crippen LogP contribution in [0.1, 0.15) is 49.7 Å². The quantitative estimate of drug-likeness (QED) is 0.575. The molecular formula is C25H27N. The zero-order valence-corrected chi connectivity index (χ0v) is 15.4. The molecule has 0 aliphatic heterocycles. The van der Waals surface area contributed by atoms with Gasteiger partial charge in [0.2, 0.25) is 0 Å². The molecule has 7 rings (SSSR count). The lowest BCUT2D eigenvalue weighted by Crippen LogP contribution is -2.48. The standard InChI is InChI=1S/C25H27N/c26-15-22-21-6-2-1-4-19(21)11-20-5-3-7-23(24(20)22)25-12-16-8-17(13-25)10-18(9-16)14-25/h1-7,11,16-18H,8-10,12-15,26H2. The number of hydrogen-bond donors (Lipinski definition) is 1. The van der Waals surface area contributed by atoms with E-state index in [1.165, 1.54) is 65.6 Å². The van der Waals surface area contributed by atoms with Crippen molar-refractivity contribution < 1.29 is 0 Å². The minimum atomic E-state index is 0.417. The average molecular weight is 341 g/mol. The molecule has 0 atom stereocenters. The van der Waals surface area contributed by atoms with E-state index in [0.717, 1.165) is 17.8 Å². The van der Waals surface area contributed by atoms with E-state index in [2.05, 4.69) is 48.5 Å². The van der Waals surface area contributed by atoms with Crippen LogP contribution in [0.3, 0.4) is 0 Å². The molecule has 4 aliphatic rings. The van der Waals surface area contributed by atoms with Crippen molar-refractivity contribution in [1.82, 2.24) is 0 Å². The van der Waals surface area contributed by atoms with E-state index in [0.29, 0.717) is 12.0 Å². The van der Waals surface area contributed by atoms with Gasteiger partial charge in [-0.05, 0) is 100 Å². The lowest BCUT2D eigenvalue weighted by molar-refractivity contribution is -0.00451. The molecule has 3 aromatic carbocycles. The van der Waals surface area contributed by atoms with Crippen LogP contribution in [0.2, 0.25) is 0 Å². The maximum atomic E-state index is 6.34. The predicted octanol–water partition coefficient (Wildman–Crippen LogP) is 5.92. The smallest absolute Gasteiger partial charge is 0.0190 e. The van der Waals surface area contributed by atoms with Gasteiger partial charge in [0.05, 0.1) is 0 Å². The van der Waals surface area contributed by atoms with E-state index in [9.17, 15) is 0 Å². The Balaban J connectivity index is 1.66. The van der Waals surface area contributed by atoms with Gasteiger partial charge in [-0.25, -0.2) is 0 Å². The van der Waals surface area contributed by atoms with Crippen molar-refractivity contribution in [2.75, 3.05) is 0 Å². The minimum absolute atomic E-state index is 0.417. The predicted molar refractivity (Wildman–Crippen MR) is 109 cm³/mol. The summed E-state index contributed by atoms with van der Waals surface area (Å²) in [6.07, 6.45) is 8.73. The maximum absolute atomic E-state index is 6.34. The summed E-state index contributed by atoms with van der Waals surface area (Å²) in [5.74, 6) is 2.91. The van der Waals surface area contributed by atoms with Crippen LogP contribution in [-0.2, 0) is 12.0 Å². The normalized spacial score (nSPS) is 32.6. The van der Waals surface area contributed by atoms with Crippen molar-refractivity contribution in [2.45, 2.75) is 50.5 Å². The van der Waals surface area contributed by atoms with Gasteiger partial charge in [0.25, 0.3) is 0 Å². The minimum Gasteiger partial charge on any atom is -0.326 e. The molecule has 4 bridgehead atoms. The zero-order chi connectivity index (χ0) is 17.3. The zero-order valence-electron chi connectivity index (χ0n) is 15.4. The number of nitrogens with two attached hydrogens (primary N) is 1. The van der Waals surface area contributed by atoms with Crippen molar-refractivity contribution in [1.29, 1.82) is 0 Å². The van der Waals surface area contributed by atoms with Crippen LogP contribution >= 0.6 is 0 Å². The molecule has 132 valence electrons. The number of fused-ring (bicyclic) bond motifs is 2. The van der Waals surface area contributed by atoms with Crippen molar-refractivity contribution in [3.8, 4) is 0 Å². The van der Waals surface area contributed by atoms with Crippen molar-refractivity contribution in [3.05, 3.63) is 59.7 Å². The number of hydrogen-bond acceptors (Lipinski definition) is 1. The fourth-order valence-corrected chi connectivity index (χ4v) is 7.32. The molecule has 2 N–H and O–H groups in total. The van der Waals surface area contributed by atoms with Crippen molar-refractivity contribution >= 4 is 21.5 Å². The van der Waals surface area contributed by atoms with E-state index >= 15 is 0 Å². The maximum Gasteiger partial charge on any atom is 0.0190 e. The molecule has 4 saturated carbocycles. The van der Waals surface area contributed by atoms with Crippen LogP contribution in [0.25, 0.3) is 21.5 Å². The van der Waals surface area contributed by atoms with Crippen LogP contribution < -0.4 is 5.73 Å². The van der Waals surface area contributed by atoms with Gasteiger partial charge in [0, 0.05) is 6.54 Å². The third kappa shape index (κ3) is 2.01. The van der Waals surface area contributed by atoms with Gasteiger partial charge in [0.1, 0.15) is 0 Å². The van der Waals surface area contributed by atoms with Gasteiger partial charge in [0.15, 0.2) is 0 Å². The van der Waals surface area contributed by atoms with Crippen molar-refractivity contribution in [2.24, 2.45) is 23.5 Å². The molecule has 0 aromatic heterocycles. The summed E-state index contributed by atoms with van der Waals surface area (Å²) < 4.78 is 0. The highest BCUT2D eigenvalue weighted by atomic mass is 14.6. The van der Waals surface area contributed by atoms with Crippen molar-refractivity contribution in [3.63, 3.8) is 0 Å². The van der Waals surface area contributed by atoms with Gasteiger partial charge in [-0.15, -0.1) is 0 Å². The summed E-state index contributed by atoms with van der Waals surface area (Å²) in [4.78, 5) is 0. The SMILES string of the molecule is NCc1c2ccccc2cc2cccc(C34CC5CC(CC(C5)C3)C4)c12. The fourth-order valence-electron chi connectivity index (χ4n) is 7.32. The average Bonchev–Trinajstić information content (AvgIpc) is 2.64. The van der Waals surface area contributed by atoms with Gasteiger partial charge >= 0.3 is 0 Å². The second kappa shape index (κ2) is 5.33. The molecule has 1 nitrogen and oxygen atoms in total. The number of rotatable bonds is 2. The van der Waals surface area contributed by atoms with Gasteiger partial charge in [-0.2, -0.15) is 0 Å². The first-order valence-corrected chi connectivity index (χ1v) is 10.4. The third-order valence-corrected chi connectivity index (χ3v) is 7.81. The Morgan fingerprint density at radius 3 is 2.15 bits per heavy atom. The Hall–Kier alpha value is -1.86. The summed E-state index contributed by atoms with van der Waals surface area (Å²) in [6, 6.07) is 18.2. The van der Waals surface area contributed by atoms with Gasteiger partial charge < -0.3 is 5.73 Å². The van der Waals surface area contributed by atoms with Crippen LogP contribution in [0.5, 0.6) is 0 Å². The molecule has 0 amide bonds. The molecule has 0 heterocycles. The van der Waals surface area contributed by atoms with E-state index in [-0.39, 0.29) is 0 Å². The first-order valence-electron chi connectivity index (χ1n) is 10.4. The molecule has 1 heteroatoms. The Morgan fingerprint density at radius 2 is 1.46 bits per heavy atom. The van der Waals surface area contributed by atoms with Crippen LogP contribution in [0.4, 0.5) is 0 Å². The molecule has 26 heavy (non-hydrogen) atoms. The topological polar surface area (TPSA) is 26.0 Å². The Bertz CT molecular complexity index is 980.